The van der Waals surface area contributed by atoms with Crippen LogP contribution in [0.15, 0.2) is 70.5 Å². The highest BCUT2D eigenvalue weighted by Gasteiger charge is 2.52. The van der Waals surface area contributed by atoms with Gasteiger partial charge >= 0.3 is 6.09 Å². The molecule has 3 unspecified atom stereocenters. The monoisotopic (exact) mass is 532 g/mol. The zero-order valence-corrected chi connectivity index (χ0v) is 22.8. The molecule has 0 heterocycles. The number of amides is 2. The van der Waals surface area contributed by atoms with Crippen LogP contribution in [0.3, 0.4) is 0 Å². The fourth-order valence-electron chi connectivity index (χ4n) is 4.44. The van der Waals surface area contributed by atoms with Crippen molar-refractivity contribution in [2.75, 3.05) is 6.61 Å². The molecule has 0 saturated heterocycles. The van der Waals surface area contributed by atoms with Crippen molar-refractivity contribution in [1.82, 2.24) is 10.6 Å². The number of carbonyl (C=O) groups excluding carboxylic acids is 2. The van der Waals surface area contributed by atoms with Gasteiger partial charge in [0.1, 0.15) is 5.60 Å². The van der Waals surface area contributed by atoms with E-state index in [4.69, 9.17) is 4.74 Å². The number of rotatable bonds is 9. The zero-order chi connectivity index (χ0) is 26.3. The Morgan fingerprint density at radius 3 is 2.00 bits per heavy atom. The Morgan fingerprint density at radius 2 is 1.56 bits per heavy atom. The predicted octanol–water partition coefficient (Wildman–Crippen LogP) is 4.43. The van der Waals surface area contributed by atoms with Crippen LogP contribution in [0.5, 0.6) is 0 Å². The predicted molar refractivity (Wildman–Crippen MR) is 144 cm³/mol. The lowest BCUT2D eigenvalue weighted by atomic mass is 9.93. The van der Waals surface area contributed by atoms with Gasteiger partial charge in [0.2, 0.25) is 5.91 Å². The second kappa shape index (κ2) is 12.4. The van der Waals surface area contributed by atoms with Crippen molar-refractivity contribution in [3.05, 3.63) is 60.7 Å². The van der Waals surface area contributed by atoms with Gasteiger partial charge in [-0.3, -0.25) is 4.79 Å². The molecule has 0 bridgehead atoms. The van der Waals surface area contributed by atoms with Crippen molar-refractivity contribution >= 4 is 35.5 Å². The third kappa shape index (κ3) is 8.16. The van der Waals surface area contributed by atoms with Gasteiger partial charge in [0.15, 0.2) is 0 Å². The Kier molecular flexibility index (Phi) is 9.74. The first-order valence-corrected chi connectivity index (χ1v) is 13.8. The summed E-state index contributed by atoms with van der Waals surface area (Å²) in [6.45, 7) is 6.43. The molecule has 0 spiro atoms. The lowest BCUT2D eigenvalue weighted by Gasteiger charge is -2.33. The number of thioether (sulfide) groups is 2. The van der Waals surface area contributed by atoms with Gasteiger partial charge in [-0.2, -0.15) is 0 Å². The van der Waals surface area contributed by atoms with Crippen LogP contribution < -0.4 is 10.6 Å². The summed E-state index contributed by atoms with van der Waals surface area (Å²) in [4.78, 5) is 26.6. The largest absolute Gasteiger partial charge is 0.444 e. The Morgan fingerprint density at radius 1 is 1.03 bits per heavy atom. The Hall–Kier alpha value is -2.20. The van der Waals surface area contributed by atoms with E-state index in [1.54, 1.807) is 44.3 Å². The fourth-order valence-corrected chi connectivity index (χ4v) is 7.24. The SMILES string of the molecule is CC(=O)NC(CO)C1C[C@@](O)(C(Sc2ccccc2)Sc2ccccc2)CC1NC(=O)OC(C)(C)C. The summed E-state index contributed by atoms with van der Waals surface area (Å²) in [7, 11) is 0. The molecule has 9 heteroatoms. The van der Waals surface area contributed by atoms with E-state index in [-0.39, 0.29) is 29.9 Å². The van der Waals surface area contributed by atoms with E-state index in [2.05, 4.69) is 10.6 Å². The van der Waals surface area contributed by atoms with Gasteiger partial charge in [0, 0.05) is 28.7 Å². The van der Waals surface area contributed by atoms with Crippen LogP contribution in [0, 0.1) is 5.92 Å². The maximum atomic E-state index is 12.7. The van der Waals surface area contributed by atoms with Crippen molar-refractivity contribution in [3.63, 3.8) is 0 Å². The first kappa shape index (κ1) is 28.4. The highest BCUT2D eigenvalue weighted by Crippen LogP contribution is 2.50. The molecule has 2 aromatic carbocycles. The van der Waals surface area contributed by atoms with Crippen LogP contribution in [-0.2, 0) is 9.53 Å². The van der Waals surface area contributed by atoms with Crippen LogP contribution in [-0.4, -0.2) is 56.7 Å². The molecule has 4 N–H and O–H groups in total. The molecule has 196 valence electrons. The molecule has 0 aliphatic heterocycles. The molecule has 2 aromatic rings. The van der Waals surface area contributed by atoms with Crippen LogP contribution >= 0.6 is 23.5 Å². The second-order valence-corrected chi connectivity index (χ2v) is 12.8. The van der Waals surface area contributed by atoms with E-state index in [1.807, 2.05) is 60.7 Å². The summed E-state index contributed by atoms with van der Waals surface area (Å²) < 4.78 is 5.16. The lowest BCUT2D eigenvalue weighted by molar-refractivity contribution is -0.120. The lowest BCUT2D eigenvalue weighted by Crippen LogP contribution is -2.50. The second-order valence-electron chi connectivity index (χ2n) is 10.1. The topological polar surface area (TPSA) is 108 Å². The molecule has 2 amide bonds. The molecule has 36 heavy (non-hydrogen) atoms. The van der Waals surface area contributed by atoms with E-state index in [0.717, 1.165) is 9.79 Å². The Balaban J connectivity index is 1.92. The molecule has 1 fully saturated rings. The number of ether oxygens (including phenoxy) is 1. The first-order valence-electron chi connectivity index (χ1n) is 12.0. The Labute approximate surface area is 221 Å². The summed E-state index contributed by atoms with van der Waals surface area (Å²) in [6.07, 6.45) is -0.0649. The molecule has 3 rings (SSSR count). The summed E-state index contributed by atoms with van der Waals surface area (Å²) in [6, 6.07) is 18.6. The summed E-state index contributed by atoms with van der Waals surface area (Å²) in [5, 5.41) is 27.9. The first-order chi connectivity index (χ1) is 17.0. The maximum Gasteiger partial charge on any atom is 0.407 e. The molecule has 1 saturated carbocycles. The smallest absolute Gasteiger partial charge is 0.407 e. The molecule has 1 aliphatic rings. The summed E-state index contributed by atoms with van der Waals surface area (Å²) in [5.41, 5.74) is -1.89. The van der Waals surface area contributed by atoms with Crippen LogP contribution in [0.25, 0.3) is 0 Å². The quantitative estimate of drug-likeness (QED) is 0.280. The molecule has 0 aromatic heterocycles. The van der Waals surface area contributed by atoms with Gasteiger partial charge in [0.25, 0.3) is 0 Å². The van der Waals surface area contributed by atoms with Gasteiger partial charge in [-0.05, 0) is 57.9 Å². The molecule has 7 nitrogen and oxygen atoms in total. The van der Waals surface area contributed by atoms with Crippen molar-refractivity contribution in [2.24, 2.45) is 5.92 Å². The molecular formula is C27H36N2O5S2. The van der Waals surface area contributed by atoms with E-state index in [9.17, 15) is 19.8 Å². The number of aliphatic hydroxyl groups excluding tert-OH is 1. The minimum atomic E-state index is -1.21. The van der Waals surface area contributed by atoms with Gasteiger partial charge in [-0.25, -0.2) is 4.79 Å². The average molecular weight is 533 g/mol. The van der Waals surface area contributed by atoms with Gasteiger partial charge in [0.05, 0.1) is 22.8 Å². The van der Waals surface area contributed by atoms with Crippen LogP contribution in [0.2, 0.25) is 0 Å². The summed E-state index contributed by atoms with van der Waals surface area (Å²) in [5.74, 6) is -0.680. The number of alkyl carbamates (subject to hydrolysis) is 1. The molecule has 0 radical (unpaired) electrons. The van der Waals surface area contributed by atoms with Crippen molar-refractivity contribution in [3.8, 4) is 0 Å². The van der Waals surface area contributed by atoms with E-state index < -0.39 is 35.3 Å². The number of hydrogen-bond acceptors (Lipinski definition) is 7. The van der Waals surface area contributed by atoms with Gasteiger partial charge in [-0.1, -0.05) is 36.4 Å². The molecule has 4 atom stereocenters. The highest BCUT2D eigenvalue weighted by atomic mass is 32.2. The minimum Gasteiger partial charge on any atom is -0.444 e. The molecule has 1 aliphatic carbocycles. The van der Waals surface area contributed by atoms with E-state index in [0.29, 0.717) is 0 Å². The third-order valence-electron chi connectivity index (χ3n) is 5.90. The van der Waals surface area contributed by atoms with E-state index in [1.165, 1.54) is 6.92 Å². The van der Waals surface area contributed by atoms with E-state index >= 15 is 0 Å². The highest BCUT2D eigenvalue weighted by molar-refractivity contribution is 8.17. The fraction of sp³-hybridized carbons (Fsp3) is 0.481. The Bertz CT molecular complexity index is 961. The number of nitrogens with one attached hydrogen (secondary N) is 2. The van der Waals surface area contributed by atoms with Crippen molar-refractivity contribution < 1.29 is 24.5 Å². The number of carbonyl (C=O) groups is 2. The number of aliphatic hydroxyl groups is 2. The third-order valence-corrected chi connectivity index (χ3v) is 8.87. The normalized spacial score (nSPS) is 22.8. The van der Waals surface area contributed by atoms with Crippen molar-refractivity contribution in [2.45, 2.75) is 78.2 Å². The van der Waals surface area contributed by atoms with Crippen LogP contribution in [0.1, 0.15) is 40.5 Å². The number of benzene rings is 2. The number of hydrogen-bond donors (Lipinski definition) is 4. The van der Waals surface area contributed by atoms with Crippen molar-refractivity contribution in [1.29, 1.82) is 0 Å². The summed E-state index contributed by atoms with van der Waals surface area (Å²) >= 11 is 3.13. The average Bonchev–Trinajstić information content (AvgIpc) is 3.14. The van der Waals surface area contributed by atoms with Crippen LogP contribution in [0.4, 0.5) is 4.79 Å². The van der Waals surface area contributed by atoms with Gasteiger partial charge < -0.3 is 25.6 Å². The molecular weight excluding hydrogens is 496 g/mol. The van der Waals surface area contributed by atoms with Gasteiger partial charge in [-0.15, -0.1) is 23.5 Å². The minimum absolute atomic E-state index is 0.247. The standard InChI is InChI=1S/C27H36N2O5S2/c1-18(31)28-23(17-30)21-15-27(33,16-22(21)29-25(32)34-26(2,3)4)24(35-19-11-7-5-8-12-19)36-20-13-9-6-10-14-20/h5-14,21-24,30,33H,15-17H2,1-4H3,(H,28,31)(H,29,32)/t21?,22?,23?,27-/m0/s1. The maximum absolute atomic E-state index is 12.7. The zero-order valence-electron chi connectivity index (χ0n) is 21.1.